The maximum Gasteiger partial charge on any atom is 0.139 e. The van der Waals surface area contributed by atoms with Gasteiger partial charge in [-0.15, -0.1) is 0 Å². The van der Waals surface area contributed by atoms with Crippen LogP contribution in [0.4, 0.5) is 10.1 Å². The first-order valence-electron chi connectivity index (χ1n) is 4.03. The van der Waals surface area contributed by atoms with Gasteiger partial charge in [-0.1, -0.05) is 0 Å². The summed E-state index contributed by atoms with van der Waals surface area (Å²) in [6, 6.07) is 2.85. The minimum atomic E-state index is -0.370. The van der Waals surface area contributed by atoms with E-state index < -0.39 is 0 Å². The van der Waals surface area contributed by atoms with Gasteiger partial charge in [0.1, 0.15) is 5.82 Å². The minimum Gasteiger partial charge on any atom is -0.397 e. The van der Waals surface area contributed by atoms with Crippen LogP contribution in [0, 0.1) is 5.82 Å². The molecule has 1 aromatic heterocycles. The second kappa shape index (κ2) is 3.94. The third kappa shape index (κ3) is 2.05. The van der Waals surface area contributed by atoms with Gasteiger partial charge in [-0.05, 0) is 37.9 Å². The fourth-order valence-corrected chi connectivity index (χ4v) is 1.83. The summed E-state index contributed by atoms with van der Waals surface area (Å²) in [5.41, 5.74) is 6.73. The summed E-state index contributed by atoms with van der Waals surface area (Å²) in [5.74, 6) is -0.370. The first-order chi connectivity index (χ1) is 7.08. The van der Waals surface area contributed by atoms with Crippen LogP contribution in [0.5, 0.6) is 0 Å². The van der Waals surface area contributed by atoms with Crippen molar-refractivity contribution in [1.29, 1.82) is 0 Å². The molecule has 6 heteroatoms. The van der Waals surface area contributed by atoms with E-state index in [2.05, 4.69) is 37.0 Å². The topological polar surface area (TPSA) is 43.8 Å². The van der Waals surface area contributed by atoms with E-state index in [0.29, 0.717) is 15.8 Å². The molecule has 0 aliphatic rings. The van der Waals surface area contributed by atoms with Gasteiger partial charge in [-0.2, -0.15) is 5.10 Å². The monoisotopic (exact) mass is 333 g/mol. The molecule has 1 aromatic carbocycles. The Morgan fingerprint density at radius 2 is 2.07 bits per heavy atom. The summed E-state index contributed by atoms with van der Waals surface area (Å²) in [5, 5.41) is 4.03. The Hall–Kier alpha value is -0.880. The van der Waals surface area contributed by atoms with Crippen molar-refractivity contribution in [2.45, 2.75) is 0 Å². The number of nitrogens with two attached hydrogens (primary N) is 1. The zero-order valence-corrected chi connectivity index (χ0v) is 10.6. The fraction of sp³-hybridized carbons (Fsp3) is 0. The van der Waals surface area contributed by atoms with Gasteiger partial charge in [0.15, 0.2) is 0 Å². The van der Waals surface area contributed by atoms with Crippen molar-refractivity contribution in [2.24, 2.45) is 0 Å². The number of hydrogen-bond acceptors (Lipinski definition) is 2. The van der Waals surface area contributed by atoms with Crippen LogP contribution in [0.3, 0.4) is 0 Å². The molecule has 0 saturated heterocycles. The number of aromatic nitrogens is 2. The van der Waals surface area contributed by atoms with E-state index in [1.807, 2.05) is 0 Å². The first kappa shape index (κ1) is 10.6. The fourth-order valence-electron chi connectivity index (χ4n) is 1.18. The first-order valence-corrected chi connectivity index (χ1v) is 5.61. The van der Waals surface area contributed by atoms with Crippen molar-refractivity contribution < 1.29 is 4.39 Å². The van der Waals surface area contributed by atoms with Crippen molar-refractivity contribution in [2.75, 3.05) is 5.73 Å². The molecule has 0 aliphatic carbocycles. The predicted molar refractivity (Wildman–Crippen MR) is 63.3 cm³/mol. The van der Waals surface area contributed by atoms with Crippen molar-refractivity contribution in [3.05, 3.63) is 39.3 Å². The van der Waals surface area contributed by atoms with Crippen LogP contribution in [0.25, 0.3) is 5.69 Å². The number of anilines is 1. The molecule has 2 N–H and O–H groups in total. The molecule has 1 heterocycles. The number of halogens is 3. The highest BCUT2D eigenvalue weighted by molar-refractivity contribution is 9.10. The molecule has 3 nitrogen and oxygen atoms in total. The van der Waals surface area contributed by atoms with Crippen LogP contribution in [-0.2, 0) is 0 Å². The second-order valence-corrected chi connectivity index (χ2v) is 4.70. The Bertz CT molecular complexity index is 510. The predicted octanol–water partition coefficient (Wildman–Crippen LogP) is 3.12. The standard InChI is InChI=1S/C9H6Br2FN3/c10-5-3-14-15(4-5)9-2-7(12)6(11)1-8(9)13/h1-4H,13H2. The van der Waals surface area contributed by atoms with Crippen LogP contribution in [0.1, 0.15) is 0 Å². The lowest BCUT2D eigenvalue weighted by Gasteiger charge is -2.06. The number of hydrogen-bond donors (Lipinski definition) is 1. The molecule has 0 atom stereocenters. The Kier molecular flexibility index (Phi) is 2.79. The Morgan fingerprint density at radius 1 is 1.33 bits per heavy atom. The lowest BCUT2D eigenvalue weighted by Crippen LogP contribution is -2.01. The molecular formula is C9H6Br2FN3. The minimum absolute atomic E-state index is 0.343. The molecule has 0 saturated carbocycles. The molecule has 2 rings (SSSR count). The van der Waals surface area contributed by atoms with E-state index in [4.69, 9.17) is 5.73 Å². The normalized spacial score (nSPS) is 10.6. The molecule has 0 bridgehead atoms. The SMILES string of the molecule is Nc1cc(Br)c(F)cc1-n1cc(Br)cn1. The van der Waals surface area contributed by atoms with Crippen LogP contribution < -0.4 is 5.73 Å². The third-order valence-corrected chi connectivity index (χ3v) is 2.88. The van der Waals surface area contributed by atoms with E-state index in [0.717, 1.165) is 4.47 Å². The zero-order valence-electron chi connectivity index (χ0n) is 7.42. The smallest absolute Gasteiger partial charge is 0.139 e. The maximum atomic E-state index is 13.3. The number of benzene rings is 1. The van der Waals surface area contributed by atoms with Crippen LogP contribution in [0.15, 0.2) is 33.5 Å². The molecule has 15 heavy (non-hydrogen) atoms. The van der Waals surface area contributed by atoms with Gasteiger partial charge in [0.05, 0.1) is 26.5 Å². The van der Waals surface area contributed by atoms with Crippen molar-refractivity contribution >= 4 is 37.5 Å². The third-order valence-electron chi connectivity index (χ3n) is 1.87. The number of nitrogen functional groups attached to an aromatic ring is 1. The molecular weight excluding hydrogens is 329 g/mol. The van der Waals surface area contributed by atoms with E-state index >= 15 is 0 Å². The zero-order chi connectivity index (χ0) is 11.0. The lowest BCUT2D eigenvalue weighted by atomic mass is 10.2. The quantitative estimate of drug-likeness (QED) is 0.814. The highest BCUT2D eigenvalue weighted by Gasteiger charge is 2.08. The Balaban J connectivity index is 2.58. The molecule has 0 unspecified atom stereocenters. The average Bonchev–Trinajstić information content (AvgIpc) is 2.58. The van der Waals surface area contributed by atoms with E-state index in [-0.39, 0.29) is 5.82 Å². The summed E-state index contributed by atoms with van der Waals surface area (Å²) in [4.78, 5) is 0. The van der Waals surface area contributed by atoms with Gasteiger partial charge in [0, 0.05) is 12.3 Å². The summed E-state index contributed by atoms with van der Waals surface area (Å²) < 4.78 is 16.0. The molecule has 0 aliphatic heterocycles. The number of nitrogens with zero attached hydrogens (tertiary/aromatic N) is 2. The van der Waals surface area contributed by atoms with Crippen LogP contribution in [0.2, 0.25) is 0 Å². The van der Waals surface area contributed by atoms with Gasteiger partial charge >= 0.3 is 0 Å². The van der Waals surface area contributed by atoms with Crippen molar-refractivity contribution in [3.8, 4) is 5.69 Å². The highest BCUT2D eigenvalue weighted by atomic mass is 79.9. The summed E-state index contributed by atoms with van der Waals surface area (Å²) in [6.45, 7) is 0. The highest BCUT2D eigenvalue weighted by Crippen LogP contribution is 2.25. The summed E-state index contributed by atoms with van der Waals surface area (Å²) in [7, 11) is 0. The average molecular weight is 335 g/mol. The molecule has 78 valence electrons. The van der Waals surface area contributed by atoms with Crippen LogP contribution >= 0.6 is 31.9 Å². The van der Waals surface area contributed by atoms with E-state index in [9.17, 15) is 4.39 Å². The Labute approximate surface area is 102 Å². The molecule has 2 aromatic rings. The summed E-state index contributed by atoms with van der Waals surface area (Å²) in [6.07, 6.45) is 3.32. The molecule has 0 spiro atoms. The summed E-state index contributed by atoms with van der Waals surface area (Å²) >= 11 is 6.32. The van der Waals surface area contributed by atoms with Gasteiger partial charge in [-0.25, -0.2) is 9.07 Å². The van der Waals surface area contributed by atoms with Crippen LogP contribution in [-0.4, -0.2) is 9.78 Å². The van der Waals surface area contributed by atoms with Gasteiger partial charge < -0.3 is 5.73 Å². The van der Waals surface area contributed by atoms with E-state index in [1.54, 1.807) is 12.4 Å². The van der Waals surface area contributed by atoms with Gasteiger partial charge in [0.25, 0.3) is 0 Å². The number of rotatable bonds is 1. The second-order valence-electron chi connectivity index (χ2n) is 2.93. The molecule has 0 fully saturated rings. The molecule has 0 amide bonds. The molecule has 0 radical (unpaired) electrons. The van der Waals surface area contributed by atoms with Crippen molar-refractivity contribution in [1.82, 2.24) is 9.78 Å². The van der Waals surface area contributed by atoms with Crippen molar-refractivity contribution in [3.63, 3.8) is 0 Å². The maximum absolute atomic E-state index is 13.3. The lowest BCUT2D eigenvalue weighted by molar-refractivity contribution is 0.619. The Morgan fingerprint density at radius 3 is 2.67 bits per heavy atom. The van der Waals surface area contributed by atoms with E-state index in [1.165, 1.54) is 16.8 Å². The van der Waals surface area contributed by atoms with Gasteiger partial charge in [-0.3, -0.25) is 0 Å². The van der Waals surface area contributed by atoms with Gasteiger partial charge in [0.2, 0.25) is 0 Å². The largest absolute Gasteiger partial charge is 0.397 e.